The minimum atomic E-state index is -0.970. The number of nitrogens with one attached hydrogen (secondary N) is 1. The van der Waals surface area contributed by atoms with E-state index in [1.54, 1.807) is 20.8 Å². The van der Waals surface area contributed by atoms with Crippen LogP contribution in [0.2, 0.25) is 0 Å². The lowest BCUT2D eigenvalue weighted by Crippen LogP contribution is -2.53. The third-order valence-corrected chi connectivity index (χ3v) is 3.42. The van der Waals surface area contributed by atoms with Gasteiger partial charge in [-0.25, -0.2) is 13.6 Å². The van der Waals surface area contributed by atoms with Gasteiger partial charge < -0.3 is 15.2 Å². The highest BCUT2D eigenvalue weighted by molar-refractivity contribution is 5.68. The molecule has 7 heteroatoms. The minimum absolute atomic E-state index is 0.376. The molecular weight excluding hydrogens is 306 g/mol. The van der Waals surface area contributed by atoms with Gasteiger partial charge in [-0.05, 0) is 38.5 Å². The molecule has 5 nitrogen and oxygen atoms in total. The van der Waals surface area contributed by atoms with Crippen molar-refractivity contribution < 1.29 is 23.4 Å². The summed E-state index contributed by atoms with van der Waals surface area (Å²) in [7, 11) is 0. The molecule has 0 bridgehead atoms. The Kier molecular flexibility index (Phi) is 5.21. The number of aliphatic hydroxyl groups is 1. The summed E-state index contributed by atoms with van der Waals surface area (Å²) >= 11 is 0. The van der Waals surface area contributed by atoms with Gasteiger partial charge in [-0.2, -0.15) is 0 Å². The number of likely N-dealkylation sites (tertiary alicyclic amines) is 1. The summed E-state index contributed by atoms with van der Waals surface area (Å²) in [5.41, 5.74) is -0.216. The summed E-state index contributed by atoms with van der Waals surface area (Å²) in [5, 5.41) is 12.0. The fourth-order valence-electron chi connectivity index (χ4n) is 2.36. The first kappa shape index (κ1) is 17.6. The van der Waals surface area contributed by atoms with Gasteiger partial charge in [0.05, 0.1) is 12.1 Å². The Morgan fingerprint density at radius 3 is 2.57 bits per heavy atom. The van der Waals surface area contributed by atoms with Gasteiger partial charge in [-0.1, -0.05) is 6.07 Å². The number of alkyl carbamates (subject to hydrolysis) is 1. The highest BCUT2D eigenvalue weighted by atomic mass is 19.2. The Labute approximate surface area is 134 Å². The molecule has 1 aliphatic rings. The fraction of sp³-hybridized carbons (Fsp3) is 0.562. The van der Waals surface area contributed by atoms with Gasteiger partial charge in [-0.15, -0.1) is 0 Å². The molecule has 0 unspecified atom stereocenters. The highest BCUT2D eigenvalue weighted by Gasteiger charge is 2.29. The van der Waals surface area contributed by atoms with Crippen LogP contribution in [0.15, 0.2) is 18.2 Å². The third-order valence-electron chi connectivity index (χ3n) is 3.42. The molecule has 2 rings (SSSR count). The normalized spacial score (nSPS) is 17.5. The smallest absolute Gasteiger partial charge is 0.408 e. The molecular formula is C16H22F2N2O3. The van der Waals surface area contributed by atoms with Crippen LogP contribution in [0.4, 0.5) is 13.6 Å². The van der Waals surface area contributed by atoms with Crippen molar-refractivity contribution in [3.63, 3.8) is 0 Å². The number of ether oxygens (including phenoxy) is 1. The Hall–Kier alpha value is -1.73. The van der Waals surface area contributed by atoms with E-state index in [4.69, 9.17) is 4.74 Å². The maximum atomic E-state index is 13.5. The molecule has 1 saturated heterocycles. The number of nitrogens with zero attached hydrogens (tertiary/aromatic N) is 1. The highest BCUT2D eigenvalue weighted by Crippen LogP contribution is 2.21. The summed E-state index contributed by atoms with van der Waals surface area (Å²) in [4.78, 5) is 13.9. The largest absolute Gasteiger partial charge is 0.444 e. The molecule has 0 saturated carbocycles. The Balaban J connectivity index is 2.10. The Morgan fingerprint density at radius 1 is 1.39 bits per heavy atom. The van der Waals surface area contributed by atoms with Crippen LogP contribution in [0.5, 0.6) is 0 Å². The number of halogens is 2. The van der Waals surface area contributed by atoms with E-state index in [9.17, 15) is 18.7 Å². The van der Waals surface area contributed by atoms with Crippen molar-refractivity contribution in [2.24, 2.45) is 0 Å². The number of hydrogen-bond donors (Lipinski definition) is 2. The van der Waals surface area contributed by atoms with E-state index in [1.807, 2.05) is 4.90 Å². The number of rotatable bonds is 4. The summed E-state index contributed by atoms with van der Waals surface area (Å²) < 4.78 is 31.8. The molecule has 0 aromatic heterocycles. The zero-order valence-electron chi connectivity index (χ0n) is 13.5. The van der Waals surface area contributed by atoms with Crippen molar-refractivity contribution in [3.05, 3.63) is 35.4 Å². The van der Waals surface area contributed by atoms with Crippen LogP contribution in [-0.4, -0.2) is 47.4 Å². The van der Waals surface area contributed by atoms with E-state index in [2.05, 4.69) is 5.32 Å². The quantitative estimate of drug-likeness (QED) is 0.890. The molecule has 1 fully saturated rings. The Morgan fingerprint density at radius 2 is 2.04 bits per heavy atom. The maximum absolute atomic E-state index is 13.5. The molecule has 1 aliphatic heterocycles. The molecule has 1 amide bonds. The van der Waals surface area contributed by atoms with Crippen LogP contribution < -0.4 is 5.32 Å². The first-order valence-corrected chi connectivity index (χ1v) is 7.49. The number of β-amino-alcohol motifs (C(OH)–C–C–N with tert-alkyl or cyclic N) is 1. The summed E-state index contributed by atoms with van der Waals surface area (Å²) in [6.07, 6.45) is -1.02. The zero-order valence-corrected chi connectivity index (χ0v) is 13.5. The molecule has 1 aromatic carbocycles. The molecule has 0 spiro atoms. The lowest BCUT2D eigenvalue weighted by molar-refractivity contribution is -0.00451. The topological polar surface area (TPSA) is 61.8 Å². The van der Waals surface area contributed by atoms with Crippen LogP contribution in [0.25, 0.3) is 0 Å². The van der Waals surface area contributed by atoms with E-state index in [1.165, 1.54) is 6.07 Å². The fourth-order valence-corrected chi connectivity index (χ4v) is 2.36. The van der Waals surface area contributed by atoms with Crippen molar-refractivity contribution in [1.29, 1.82) is 0 Å². The lowest BCUT2D eigenvalue weighted by atomic mass is 10.0. The predicted molar refractivity (Wildman–Crippen MR) is 80.9 cm³/mol. The number of hydrogen-bond acceptors (Lipinski definition) is 4. The average molecular weight is 328 g/mol. The molecule has 0 aliphatic carbocycles. The molecule has 2 N–H and O–H groups in total. The van der Waals surface area contributed by atoms with Gasteiger partial charge in [0.1, 0.15) is 5.60 Å². The number of amides is 1. The third kappa shape index (κ3) is 5.14. The second kappa shape index (κ2) is 6.80. The molecule has 1 heterocycles. The van der Waals surface area contributed by atoms with E-state index < -0.39 is 29.4 Å². The second-order valence-corrected chi connectivity index (χ2v) is 6.74. The van der Waals surface area contributed by atoms with Crippen LogP contribution in [-0.2, 0) is 4.74 Å². The molecule has 1 aromatic rings. The van der Waals surface area contributed by atoms with Crippen LogP contribution >= 0.6 is 0 Å². The van der Waals surface area contributed by atoms with E-state index in [-0.39, 0.29) is 6.10 Å². The minimum Gasteiger partial charge on any atom is -0.444 e. The summed E-state index contributed by atoms with van der Waals surface area (Å²) in [6, 6.07) is 2.95. The first-order chi connectivity index (χ1) is 10.6. The zero-order chi connectivity index (χ0) is 17.2. The van der Waals surface area contributed by atoms with Crippen LogP contribution in [0, 0.1) is 11.6 Å². The van der Waals surface area contributed by atoms with Crippen molar-refractivity contribution in [1.82, 2.24) is 10.2 Å². The molecule has 23 heavy (non-hydrogen) atoms. The molecule has 0 radical (unpaired) electrons. The number of carbonyl (C=O) groups excluding carboxylic acids is 1. The first-order valence-electron chi connectivity index (χ1n) is 7.49. The average Bonchev–Trinajstić information content (AvgIpc) is 2.37. The van der Waals surface area contributed by atoms with Gasteiger partial charge in [0.15, 0.2) is 11.6 Å². The van der Waals surface area contributed by atoms with Crippen molar-refractivity contribution in [3.8, 4) is 0 Å². The number of carbonyl (C=O) groups is 1. The van der Waals surface area contributed by atoms with Gasteiger partial charge in [0.25, 0.3) is 0 Å². The van der Waals surface area contributed by atoms with Gasteiger partial charge in [0, 0.05) is 19.6 Å². The van der Waals surface area contributed by atoms with Gasteiger partial charge in [0.2, 0.25) is 0 Å². The van der Waals surface area contributed by atoms with E-state index >= 15 is 0 Å². The number of aliphatic hydroxyl groups excluding tert-OH is 1. The van der Waals surface area contributed by atoms with Crippen LogP contribution in [0.3, 0.4) is 0 Å². The van der Waals surface area contributed by atoms with Crippen molar-refractivity contribution in [2.75, 3.05) is 19.6 Å². The Bertz CT molecular complexity index is 569. The predicted octanol–water partition coefficient (Wildman–Crippen LogP) is 2.21. The van der Waals surface area contributed by atoms with E-state index in [0.717, 1.165) is 12.1 Å². The number of benzene rings is 1. The van der Waals surface area contributed by atoms with Gasteiger partial charge >= 0.3 is 6.09 Å². The molecule has 128 valence electrons. The van der Waals surface area contributed by atoms with Crippen molar-refractivity contribution in [2.45, 2.75) is 38.5 Å². The van der Waals surface area contributed by atoms with Gasteiger partial charge in [-0.3, -0.25) is 4.90 Å². The SMILES string of the molecule is CC(C)(C)OC(=O)N[C@H](CN1CC(O)C1)c1ccc(F)c(F)c1. The molecule has 1 atom stereocenters. The summed E-state index contributed by atoms with van der Waals surface area (Å²) in [5.74, 6) is -1.91. The standard InChI is InChI=1S/C16H22F2N2O3/c1-16(2,3)23-15(22)19-14(9-20-7-11(21)8-20)10-4-5-12(17)13(18)6-10/h4-6,11,14,21H,7-9H2,1-3H3,(H,19,22)/t14-/m1/s1. The summed E-state index contributed by atoms with van der Waals surface area (Å²) in [6.45, 7) is 6.56. The maximum Gasteiger partial charge on any atom is 0.408 e. The second-order valence-electron chi connectivity index (χ2n) is 6.74. The monoisotopic (exact) mass is 328 g/mol. The lowest BCUT2D eigenvalue weighted by Gasteiger charge is -2.38. The van der Waals surface area contributed by atoms with Crippen LogP contribution in [0.1, 0.15) is 32.4 Å². The van der Waals surface area contributed by atoms with E-state index in [0.29, 0.717) is 25.2 Å². The van der Waals surface area contributed by atoms with Crippen molar-refractivity contribution >= 4 is 6.09 Å².